The fourth-order valence-corrected chi connectivity index (χ4v) is 3.41. The molecule has 0 saturated heterocycles. The molecule has 0 aliphatic heterocycles. The quantitative estimate of drug-likeness (QED) is 0.428. The summed E-state index contributed by atoms with van der Waals surface area (Å²) in [6.07, 6.45) is 0. The number of aromatic nitrogens is 1. The molecule has 0 aliphatic rings. The van der Waals surface area contributed by atoms with Gasteiger partial charge in [-0.1, -0.05) is 59.9 Å². The Morgan fingerprint density at radius 1 is 0.880 bits per heavy atom. The minimum absolute atomic E-state index is 0.0877. The summed E-state index contributed by atoms with van der Waals surface area (Å²) in [7, 11) is 0. The van der Waals surface area contributed by atoms with Gasteiger partial charge in [-0.2, -0.15) is 9.98 Å². The number of benzene rings is 3. The number of nitrogens with zero attached hydrogens (tertiary/aromatic N) is 3. The molecule has 0 amide bonds. The first-order valence-corrected chi connectivity index (χ1v) is 8.54. The van der Waals surface area contributed by atoms with Crippen molar-refractivity contribution in [3.05, 3.63) is 72.3 Å². The Morgan fingerprint density at radius 3 is 2.48 bits per heavy atom. The summed E-state index contributed by atoms with van der Waals surface area (Å²) < 4.78 is 1.06. The van der Waals surface area contributed by atoms with E-state index in [-0.39, 0.29) is 5.96 Å². The van der Waals surface area contributed by atoms with Crippen LogP contribution >= 0.6 is 11.3 Å². The lowest BCUT2D eigenvalue weighted by Crippen LogP contribution is -2.19. The Morgan fingerprint density at radius 2 is 1.64 bits per heavy atom. The molecule has 6 heteroatoms. The van der Waals surface area contributed by atoms with Crippen LogP contribution in [0.25, 0.3) is 21.0 Å². The Labute approximate surface area is 148 Å². The number of thiazole rings is 1. The third kappa shape index (κ3) is 3.20. The maximum Gasteiger partial charge on any atom is 0.224 e. The number of hydrogen-bond donors (Lipinski definition) is 2. The van der Waals surface area contributed by atoms with Gasteiger partial charge in [0.2, 0.25) is 11.1 Å². The number of rotatable bonds is 2. The molecule has 0 atom stereocenters. The van der Waals surface area contributed by atoms with Crippen LogP contribution < -0.4 is 11.5 Å². The van der Waals surface area contributed by atoms with Crippen LogP contribution in [0.3, 0.4) is 0 Å². The molecule has 0 fully saturated rings. The summed E-state index contributed by atoms with van der Waals surface area (Å²) >= 11 is 1.46. The summed E-state index contributed by atoms with van der Waals surface area (Å²) in [5, 5.41) is 2.81. The second kappa shape index (κ2) is 6.33. The van der Waals surface area contributed by atoms with Gasteiger partial charge in [0.1, 0.15) is 5.84 Å². The number of nitrogens with two attached hydrogens (primary N) is 2. The normalized spacial score (nSPS) is 12.8. The van der Waals surface area contributed by atoms with E-state index in [0.29, 0.717) is 11.0 Å². The summed E-state index contributed by atoms with van der Waals surface area (Å²) in [5.41, 5.74) is 13.7. The molecule has 1 heterocycles. The van der Waals surface area contributed by atoms with Crippen molar-refractivity contribution < 1.29 is 0 Å². The molecule has 0 spiro atoms. The van der Waals surface area contributed by atoms with Gasteiger partial charge in [0.25, 0.3) is 0 Å². The molecule has 0 aliphatic carbocycles. The monoisotopic (exact) mass is 345 g/mol. The topological polar surface area (TPSA) is 89.6 Å². The van der Waals surface area contributed by atoms with Gasteiger partial charge >= 0.3 is 0 Å². The van der Waals surface area contributed by atoms with Gasteiger partial charge in [0.05, 0.1) is 10.2 Å². The lowest BCUT2D eigenvalue weighted by atomic mass is 10.1. The van der Waals surface area contributed by atoms with Crippen LogP contribution in [0.5, 0.6) is 0 Å². The molecule has 3 aromatic carbocycles. The summed E-state index contributed by atoms with van der Waals surface area (Å²) in [5.74, 6) is 0.415. The first-order chi connectivity index (χ1) is 12.2. The molecule has 0 bridgehead atoms. The standard InChI is InChI=1S/C19H15N5S/c20-17(14-10-9-12-5-1-2-6-13(12)11-14)23-18(21)24-19-22-15-7-3-4-8-16(15)25-19/h1-11H,(H4,20,21,22,23,24). The molecule has 4 aromatic rings. The molecule has 0 radical (unpaired) electrons. The van der Waals surface area contributed by atoms with Gasteiger partial charge in [-0.15, -0.1) is 0 Å². The first-order valence-electron chi connectivity index (χ1n) is 7.72. The number of guanidine groups is 1. The predicted molar refractivity (Wildman–Crippen MR) is 106 cm³/mol. The molecule has 0 saturated carbocycles. The molecule has 5 nitrogen and oxygen atoms in total. The van der Waals surface area contributed by atoms with E-state index in [1.807, 2.05) is 60.7 Å². The van der Waals surface area contributed by atoms with E-state index in [9.17, 15) is 0 Å². The summed E-state index contributed by atoms with van der Waals surface area (Å²) in [4.78, 5) is 12.9. The van der Waals surface area contributed by atoms with Crippen LogP contribution in [-0.2, 0) is 0 Å². The highest BCUT2D eigenvalue weighted by atomic mass is 32.1. The van der Waals surface area contributed by atoms with Gasteiger partial charge < -0.3 is 11.5 Å². The van der Waals surface area contributed by atoms with E-state index in [1.54, 1.807) is 0 Å². The van der Waals surface area contributed by atoms with E-state index in [0.717, 1.165) is 26.6 Å². The van der Waals surface area contributed by atoms with Crippen LogP contribution in [0.15, 0.2) is 76.7 Å². The molecule has 25 heavy (non-hydrogen) atoms. The van der Waals surface area contributed by atoms with Crippen molar-refractivity contribution in [2.24, 2.45) is 21.5 Å². The van der Waals surface area contributed by atoms with Crippen LogP contribution in [0, 0.1) is 0 Å². The van der Waals surface area contributed by atoms with Crippen molar-refractivity contribution in [3.8, 4) is 0 Å². The third-order valence-corrected chi connectivity index (χ3v) is 4.70. The molecular weight excluding hydrogens is 330 g/mol. The minimum atomic E-state index is 0.0877. The lowest BCUT2D eigenvalue weighted by Gasteiger charge is -2.03. The Balaban J connectivity index is 1.65. The first kappa shape index (κ1) is 15.3. The highest BCUT2D eigenvalue weighted by Gasteiger charge is 2.04. The van der Waals surface area contributed by atoms with Crippen LogP contribution in [0.2, 0.25) is 0 Å². The second-order valence-electron chi connectivity index (χ2n) is 5.49. The summed E-state index contributed by atoms with van der Waals surface area (Å²) in [6, 6.07) is 21.8. The fraction of sp³-hybridized carbons (Fsp3) is 0. The highest BCUT2D eigenvalue weighted by molar-refractivity contribution is 7.22. The number of aliphatic imine (C=N–C) groups is 2. The van der Waals surface area contributed by atoms with E-state index < -0.39 is 0 Å². The van der Waals surface area contributed by atoms with Crippen molar-refractivity contribution in [2.45, 2.75) is 0 Å². The maximum atomic E-state index is 6.09. The Bertz CT molecular complexity index is 1090. The molecule has 122 valence electrons. The van der Waals surface area contributed by atoms with Gasteiger partial charge in [-0.3, -0.25) is 0 Å². The van der Waals surface area contributed by atoms with E-state index in [4.69, 9.17) is 11.5 Å². The Kier molecular flexibility index (Phi) is 3.87. The zero-order chi connectivity index (χ0) is 17.2. The molecule has 0 unspecified atom stereocenters. The van der Waals surface area contributed by atoms with E-state index in [1.165, 1.54) is 11.3 Å². The highest BCUT2D eigenvalue weighted by Crippen LogP contribution is 2.27. The minimum Gasteiger partial charge on any atom is -0.383 e. The zero-order valence-electron chi connectivity index (χ0n) is 13.3. The van der Waals surface area contributed by atoms with Gasteiger partial charge in [0.15, 0.2) is 0 Å². The van der Waals surface area contributed by atoms with Crippen LogP contribution in [0.1, 0.15) is 5.56 Å². The number of fused-ring (bicyclic) bond motifs is 2. The fourth-order valence-electron chi connectivity index (χ4n) is 2.57. The zero-order valence-corrected chi connectivity index (χ0v) is 14.1. The molecule has 1 aromatic heterocycles. The Hall–Kier alpha value is -3.25. The third-order valence-electron chi connectivity index (χ3n) is 3.77. The average Bonchev–Trinajstić information content (AvgIpc) is 3.03. The smallest absolute Gasteiger partial charge is 0.224 e. The predicted octanol–water partition coefficient (Wildman–Crippen LogP) is 3.80. The van der Waals surface area contributed by atoms with Crippen LogP contribution in [-0.4, -0.2) is 16.8 Å². The molecule has 4 N–H and O–H groups in total. The number of hydrogen-bond acceptors (Lipinski definition) is 3. The summed E-state index contributed by atoms with van der Waals surface area (Å²) in [6.45, 7) is 0. The van der Waals surface area contributed by atoms with Gasteiger partial charge in [-0.25, -0.2) is 4.98 Å². The largest absolute Gasteiger partial charge is 0.383 e. The van der Waals surface area contributed by atoms with Crippen molar-refractivity contribution in [1.82, 2.24) is 4.98 Å². The van der Waals surface area contributed by atoms with Crippen molar-refractivity contribution in [2.75, 3.05) is 0 Å². The lowest BCUT2D eigenvalue weighted by molar-refractivity contribution is 1.35. The SMILES string of the molecule is N/C(=N\C(N)=N\c1nc2ccccc2s1)c1ccc2ccccc2c1. The van der Waals surface area contributed by atoms with E-state index in [2.05, 4.69) is 21.0 Å². The van der Waals surface area contributed by atoms with E-state index >= 15 is 0 Å². The van der Waals surface area contributed by atoms with Crippen molar-refractivity contribution >= 4 is 49.3 Å². The molecule has 4 rings (SSSR count). The van der Waals surface area contributed by atoms with Crippen molar-refractivity contribution in [1.29, 1.82) is 0 Å². The second-order valence-corrected chi connectivity index (χ2v) is 6.50. The average molecular weight is 345 g/mol. The maximum absolute atomic E-state index is 6.09. The van der Waals surface area contributed by atoms with Gasteiger partial charge in [0, 0.05) is 5.56 Å². The van der Waals surface area contributed by atoms with Crippen LogP contribution in [0.4, 0.5) is 5.13 Å². The van der Waals surface area contributed by atoms with Crippen molar-refractivity contribution in [3.63, 3.8) is 0 Å². The number of amidine groups is 1. The number of para-hydroxylation sites is 1. The van der Waals surface area contributed by atoms with Gasteiger partial charge in [-0.05, 0) is 29.0 Å². The molecular formula is C19H15N5S.